The highest BCUT2D eigenvalue weighted by molar-refractivity contribution is 7.99. The Morgan fingerprint density at radius 2 is 1.93 bits per heavy atom. The zero-order chi connectivity index (χ0) is 21.5. The molecule has 3 aromatic rings. The summed E-state index contributed by atoms with van der Waals surface area (Å²) in [5.41, 5.74) is 2.76. The van der Waals surface area contributed by atoms with Crippen molar-refractivity contribution in [3.63, 3.8) is 0 Å². The van der Waals surface area contributed by atoms with Crippen LogP contribution in [0.25, 0.3) is 11.4 Å². The molecule has 3 rings (SSSR count). The number of hydrogen-bond donors (Lipinski definition) is 1. The minimum atomic E-state index is -0.117. The second-order valence-corrected chi connectivity index (χ2v) is 7.70. The highest BCUT2D eigenvalue weighted by atomic mass is 32.2. The van der Waals surface area contributed by atoms with Crippen LogP contribution in [-0.2, 0) is 11.3 Å². The van der Waals surface area contributed by atoms with Crippen LogP contribution in [0, 0.1) is 0 Å². The van der Waals surface area contributed by atoms with E-state index >= 15 is 0 Å². The molecule has 0 radical (unpaired) electrons. The van der Waals surface area contributed by atoms with Crippen molar-refractivity contribution >= 4 is 29.0 Å². The number of carbonyl (C=O) groups excluding carboxylic acids is 1. The largest absolute Gasteiger partial charge is 0.492 e. The van der Waals surface area contributed by atoms with E-state index in [1.54, 1.807) is 0 Å². The van der Waals surface area contributed by atoms with Gasteiger partial charge in [0.2, 0.25) is 5.91 Å². The van der Waals surface area contributed by atoms with Crippen LogP contribution >= 0.6 is 11.8 Å². The van der Waals surface area contributed by atoms with Crippen LogP contribution in [0.3, 0.4) is 0 Å². The van der Waals surface area contributed by atoms with E-state index in [4.69, 9.17) is 4.74 Å². The number of benzene rings is 2. The molecule has 0 bridgehead atoms. The third-order valence-corrected chi connectivity index (χ3v) is 5.41. The molecule has 0 atom stereocenters. The standard InChI is InChI=1S/C22H27N5O2S/c1-5-27-21(16-10-9-11-17(14-16)26(3)4)24-25-22(27)30-15-20(28)23-18-12-7-8-13-19(18)29-6-2/h7-14H,5-6,15H2,1-4H3,(H,23,28). The zero-order valence-corrected chi connectivity index (χ0v) is 18.6. The normalized spacial score (nSPS) is 10.7. The molecule has 0 saturated heterocycles. The average molecular weight is 426 g/mol. The lowest BCUT2D eigenvalue weighted by molar-refractivity contribution is -0.113. The second-order valence-electron chi connectivity index (χ2n) is 6.76. The lowest BCUT2D eigenvalue weighted by Crippen LogP contribution is -2.15. The molecule has 2 aromatic carbocycles. The smallest absolute Gasteiger partial charge is 0.234 e. The van der Waals surface area contributed by atoms with E-state index in [1.165, 1.54) is 11.8 Å². The number of aromatic nitrogens is 3. The fraction of sp³-hybridized carbons (Fsp3) is 0.318. The molecule has 1 N–H and O–H groups in total. The fourth-order valence-electron chi connectivity index (χ4n) is 2.98. The first-order chi connectivity index (χ1) is 14.5. The van der Waals surface area contributed by atoms with Crippen LogP contribution in [0.4, 0.5) is 11.4 Å². The number of carbonyl (C=O) groups is 1. The van der Waals surface area contributed by atoms with Gasteiger partial charge in [-0.05, 0) is 38.1 Å². The second kappa shape index (κ2) is 10.2. The summed E-state index contributed by atoms with van der Waals surface area (Å²) in [6.07, 6.45) is 0. The van der Waals surface area contributed by atoms with Crippen molar-refractivity contribution < 1.29 is 9.53 Å². The minimum Gasteiger partial charge on any atom is -0.492 e. The molecule has 8 heteroatoms. The van der Waals surface area contributed by atoms with Crippen molar-refractivity contribution in [2.24, 2.45) is 0 Å². The van der Waals surface area contributed by atoms with Gasteiger partial charge in [-0.25, -0.2) is 0 Å². The van der Waals surface area contributed by atoms with Crippen LogP contribution in [0.15, 0.2) is 53.7 Å². The van der Waals surface area contributed by atoms with Crippen molar-refractivity contribution in [3.05, 3.63) is 48.5 Å². The van der Waals surface area contributed by atoms with E-state index in [0.717, 1.165) is 22.2 Å². The Kier molecular flexibility index (Phi) is 7.35. The van der Waals surface area contributed by atoms with Crippen LogP contribution in [0.2, 0.25) is 0 Å². The Morgan fingerprint density at radius 3 is 2.67 bits per heavy atom. The van der Waals surface area contributed by atoms with Crippen molar-refractivity contribution in [2.45, 2.75) is 25.5 Å². The molecule has 0 aliphatic rings. The van der Waals surface area contributed by atoms with Gasteiger partial charge in [0.05, 0.1) is 18.0 Å². The molecule has 1 amide bonds. The number of thioether (sulfide) groups is 1. The number of hydrogen-bond acceptors (Lipinski definition) is 6. The Balaban J connectivity index is 1.71. The predicted octanol–water partition coefficient (Wildman–Crippen LogP) is 4.16. The molecule has 0 fully saturated rings. The topological polar surface area (TPSA) is 72.3 Å². The van der Waals surface area contributed by atoms with E-state index in [9.17, 15) is 4.79 Å². The van der Waals surface area contributed by atoms with Gasteiger partial charge in [-0.1, -0.05) is 36.0 Å². The maximum Gasteiger partial charge on any atom is 0.234 e. The van der Waals surface area contributed by atoms with E-state index in [2.05, 4.69) is 32.5 Å². The maximum atomic E-state index is 12.5. The molecular weight excluding hydrogens is 398 g/mol. The molecule has 7 nitrogen and oxygen atoms in total. The Labute approximate surface area is 181 Å². The predicted molar refractivity (Wildman–Crippen MR) is 122 cm³/mol. The summed E-state index contributed by atoms with van der Waals surface area (Å²) in [6, 6.07) is 15.6. The van der Waals surface area contributed by atoms with Gasteiger partial charge in [-0.15, -0.1) is 10.2 Å². The van der Waals surface area contributed by atoms with E-state index < -0.39 is 0 Å². The number of anilines is 2. The number of nitrogens with zero attached hydrogens (tertiary/aromatic N) is 4. The first-order valence-corrected chi connectivity index (χ1v) is 10.9. The molecule has 30 heavy (non-hydrogen) atoms. The molecular formula is C22H27N5O2S. The summed E-state index contributed by atoms with van der Waals surface area (Å²) in [5, 5.41) is 12.3. The van der Waals surface area contributed by atoms with Crippen LogP contribution in [-0.4, -0.2) is 47.1 Å². The average Bonchev–Trinajstić information content (AvgIpc) is 3.17. The Bertz CT molecular complexity index is 1000. The van der Waals surface area contributed by atoms with Gasteiger partial charge in [-0.2, -0.15) is 0 Å². The highest BCUT2D eigenvalue weighted by Crippen LogP contribution is 2.27. The number of nitrogens with one attached hydrogen (secondary N) is 1. The number of ether oxygens (including phenoxy) is 1. The highest BCUT2D eigenvalue weighted by Gasteiger charge is 2.16. The molecule has 0 saturated carbocycles. The van der Waals surface area contributed by atoms with E-state index in [1.807, 2.05) is 68.9 Å². The molecule has 0 unspecified atom stereocenters. The van der Waals surface area contributed by atoms with Crippen LogP contribution < -0.4 is 15.0 Å². The Morgan fingerprint density at radius 1 is 1.13 bits per heavy atom. The van der Waals surface area contributed by atoms with Gasteiger partial charge in [-0.3, -0.25) is 4.79 Å². The van der Waals surface area contributed by atoms with Crippen molar-refractivity contribution in [1.82, 2.24) is 14.8 Å². The molecule has 1 heterocycles. The summed E-state index contributed by atoms with van der Waals surface area (Å²) < 4.78 is 7.59. The molecule has 0 aliphatic heterocycles. The summed E-state index contributed by atoms with van der Waals surface area (Å²) in [5.74, 6) is 1.58. The monoisotopic (exact) mass is 425 g/mol. The van der Waals surface area contributed by atoms with Gasteiger partial charge in [0, 0.05) is 31.9 Å². The van der Waals surface area contributed by atoms with Gasteiger partial charge in [0.25, 0.3) is 0 Å². The van der Waals surface area contributed by atoms with E-state index in [-0.39, 0.29) is 11.7 Å². The summed E-state index contributed by atoms with van der Waals surface area (Å²) in [7, 11) is 4.01. The molecule has 1 aromatic heterocycles. The first-order valence-electron chi connectivity index (χ1n) is 9.88. The SMILES string of the molecule is CCOc1ccccc1NC(=O)CSc1nnc(-c2cccc(N(C)C)c2)n1CC. The third-order valence-electron chi connectivity index (χ3n) is 4.45. The lowest BCUT2D eigenvalue weighted by Gasteiger charge is -2.14. The summed E-state index contributed by atoms with van der Waals surface area (Å²) in [4.78, 5) is 14.5. The maximum absolute atomic E-state index is 12.5. The number of para-hydroxylation sites is 2. The van der Waals surface area contributed by atoms with Gasteiger partial charge < -0.3 is 19.5 Å². The van der Waals surface area contributed by atoms with Crippen molar-refractivity contribution in [1.29, 1.82) is 0 Å². The first kappa shape index (κ1) is 21.7. The summed E-state index contributed by atoms with van der Waals surface area (Å²) in [6.45, 7) is 5.22. The van der Waals surface area contributed by atoms with E-state index in [0.29, 0.717) is 24.6 Å². The van der Waals surface area contributed by atoms with Gasteiger partial charge in [0.1, 0.15) is 5.75 Å². The molecule has 158 valence electrons. The molecule has 0 spiro atoms. The zero-order valence-electron chi connectivity index (χ0n) is 17.8. The Hall–Kier alpha value is -3.00. The third kappa shape index (κ3) is 5.13. The van der Waals surface area contributed by atoms with Crippen LogP contribution in [0.1, 0.15) is 13.8 Å². The molecule has 0 aliphatic carbocycles. The number of amides is 1. The lowest BCUT2D eigenvalue weighted by atomic mass is 10.2. The van der Waals surface area contributed by atoms with Crippen molar-refractivity contribution in [3.8, 4) is 17.1 Å². The van der Waals surface area contributed by atoms with Gasteiger partial charge in [0.15, 0.2) is 11.0 Å². The summed E-state index contributed by atoms with van der Waals surface area (Å²) >= 11 is 1.37. The van der Waals surface area contributed by atoms with Gasteiger partial charge >= 0.3 is 0 Å². The number of rotatable bonds is 9. The van der Waals surface area contributed by atoms with Crippen molar-refractivity contribution in [2.75, 3.05) is 36.7 Å². The fourth-order valence-corrected chi connectivity index (χ4v) is 3.79. The van der Waals surface area contributed by atoms with Crippen LogP contribution in [0.5, 0.6) is 5.75 Å². The minimum absolute atomic E-state index is 0.117. The quantitative estimate of drug-likeness (QED) is 0.519.